The Morgan fingerprint density at radius 1 is 1.24 bits per heavy atom. The summed E-state index contributed by atoms with van der Waals surface area (Å²) in [4.78, 5) is -0.134. The van der Waals surface area contributed by atoms with Crippen molar-refractivity contribution in [1.29, 1.82) is 0 Å². The van der Waals surface area contributed by atoms with Crippen LogP contribution in [-0.4, -0.2) is 29.9 Å². The highest BCUT2D eigenvalue weighted by Gasteiger charge is 2.17. The van der Waals surface area contributed by atoms with Gasteiger partial charge in [0.2, 0.25) is 0 Å². The van der Waals surface area contributed by atoms with Crippen LogP contribution in [0, 0.1) is 11.6 Å². The molecule has 0 fully saturated rings. The maximum atomic E-state index is 13.0. The monoisotopic (exact) mass is 317 g/mol. The summed E-state index contributed by atoms with van der Waals surface area (Å²) >= 11 is 0. The van der Waals surface area contributed by atoms with Gasteiger partial charge in [0.25, 0.3) is 10.0 Å². The fraction of sp³-hybridized carbons (Fsp3) is 0.250. The molecular weight excluding hydrogens is 304 g/mol. The summed E-state index contributed by atoms with van der Waals surface area (Å²) in [6.45, 7) is 0.323. The lowest BCUT2D eigenvalue weighted by Gasteiger charge is -2.06. The number of rotatable bonds is 6. The molecule has 0 aliphatic rings. The second-order valence-electron chi connectivity index (χ2n) is 4.28. The lowest BCUT2D eigenvalue weighted by Crippen LogP contribution is -2.12. The highest BCUT2D eigenvalue weighted by Crippen LogP contribution is 2.18. The minimum absolute atomic E-state index is 0.0389. The van der Waals surface area contributed by atoms with E-state index >= 15 is 0 Å². The third-order valence-corrected chi connectivity index (χ3v) is 3.92. The quantitative estimate of drug-likeness (QED) is 0.842. The van der Waals surface area contributed by atoms with Crippen molar-refractivity contribution < 1.29 is 22.3 Å². The molecule has 0 bridgehead atoms. The highest BCUT2D eigenvalue weighted by molar-refractivity contribution is 7.92. The zero-order valence-electron chi connectivity index (χ0n) is 10.8. The Kier molecular flexibility index (Phi) is 4.53. The molecule has 6 nitrogen and oxygen atoms in total. The number of aliphatic hydroxyl groups excluding tert-OH is 1. The second-order valence-corrected chi connectivity index (χ2v) is 5.96. The number of nitrogens with one attached hydrogen (secondary N) is 1. The summed E-state index contributed by atoms with van der Waals surface area (Å²) in [7, 11) is -3.98. The molecule has 1 aromatic heterocycles. The molecule has 0 radical (unpaired) electrons. The van der Waals surface area contributed by atoms with E-state index in [4.69, 9.17) is 5.11 Å². The molecule has 21 heavy (non-hydrogen) atoms. The Hall–Kier alpha value is -2.00. The molecule has 9 heteroatoms. The van der Waals surface area contributed by atoms with Crippen LogP contribution >= 0.6 is 0 Å². The zero-order valence-corrected chi connectivity index (χ0v) is 11.6. The van der Waals surface area contributed by atoms with Gasteiger partial charge in [-0.15, -0.1) is 0 Å². The number of anilines is 1. The van der Waals surface area contributed by atoms with Crippen LogP contribution in [0.2, 0.25) is 0 Å². The number of nitrogens with zero attached hydrogens (tertiary/aromatic N) is 2. The first kappa shape index (κ1) is 15.4. The molecule has 1 aromatic carbocycles. The van der Waals surface area contributed by atoms with Gasteiger partial charge in [0.15, 0.2) is 0 Å². The van der Waals surface area contributed by atoms with Crippen LogP contribution in [0.4, 0.5) is 14.5 Å². The SMILES string of the molecule is O=S(=O)(Nc1cc(F)cc(F)c1)c1cnn(CCCO)c1. The lowest BCUT2D eigenvalue weighted by molar-refractivity contribution is 0.277. The van der Waals surface area contributed by atoms with E-state index in [1.807, 2.05) is 0 Å². The van der Waals surface area contributed by atoms with E-state index < -0.39 is 21.7 Å². The zero-order chi connectivity index (χ0) is 15.5. The minimum atomic E-state index is -3.98. The van der Waals surface area contributed by atoms with Gasteiger partial charge in [-0.05, 0) is 18.6 Å². The summed E-state index contributed by atoms with van der Waals surface area (Å²) in [6.07, 6.45) is 2.83. The smallest absolute Gasteiger partial charge is 0.265 e. The molecular formula is C12H13F2N3O3S. The van der Waals surface area contributed by atoms with Crippen LogP contribution in [0.5, 0.6) is 0 Å². The standard InChI is InChI=1S/C12H13F2N3O3S/c13-9-4-10(14)6-11(5-9)16-21(19,20)12-7-15-17(8-12)2-1-3-18/h4-8,16,18H,1-3H2. The number of hydrogen-bond donors (Lipinski definition) is 2. The fourth-order valence-corrected chi connectivity index (χ4v) is 2.66. The molecule has 0 unspecified atom stereocenters. The van der Waals surface area contributed by atoms with E-state index in [1.165, 1.54) is 10.9 Å². The molecule has 1 heterocycles. The average Bonchev–Trinajstić information content (AvgIpc) is 2.84. The van der Waals surface area contributed by atoms with Crippen LogP contribution in [0.3, 0.4) is 0 Å². The van der Waals surface area contributed by atoms with Crippen molar-refractivity contribution in [2.24, 2.45) is 0 Å². The van der Waals surface area contributed by atoms with Crippen LogP contribution < -0.4 is 4.72 Å². The first-order chi connectivity index (χ1) is 9.90. The predicted octanol–water partition coefficient (Wildman–Crippen LogP) is 1.34. The molecule has 2 aromatic rings. The summed E-state index contributed by atoms with van der Waals surface area (Å²) in [5, 5.41) is 12.5. The number of aliphatic hydroxyl groups is 1. The van der Waals surface area contributed by atoms with Crippen LogP contribution in [-0.2, 0) is 16.6 Å². The van der Waals surface area contributed by atoms with Gasteiger partial charge in [-0.2, -0.15) is 5.10 Å². The molecule has 0 amide bonds. The van der Waals surface area contributed by atoms with Crippen molar-refractivity contribution >= 4 is 15.7 Å². The molecule has 2 N–H and O–H groups in total. The third kappa shape index (κ3) is 3.99. The maximum Gasteiger partial charge on any atom is 0.265 e. The Bertz CT molecular complexity index is 711. The first-order valence-electron chi connectivity index (χ1n) is 6.03. The van der Waals surface area contributed by atoms with Gasteiger partial charge in [0, 0.05) is 25.4 Å². The van der Waals surface area contributed by atoms with E-state index in [9.17, 15) is 17.2 Å². The van der Waals surface area contributed by atoms with Crippen LogP contribution in [0.15, 0.2) is 35.5 Å². The third-order valence-electron chi connectivity index (χ3n) is 2.58. The summed E-state index contributed by atoms with van der Waals surface area (Å²) < 4.78 is 53.6. The first-order valence-corrected chi connectivity index (χ1v) is 7.51. The highest BCUT2D eigenvalue weighted by atomic mass is 32.2. The van der Waals surface area contributed by atoms with E-state index in [2.05, 4.69) is 9.82 Å². The topological polar surface area (TPSA) is 84.2 Å². The number of sulfonamides is 1. The number of benzene rings is 1. The number of aryl methyl sites for hydroxylation is 1. The van der Waals surface area contributed by atoms with E-state index in [1.54, 1.807) is 0 Å². The minimum Gasteiger partial charge on any atom is -0.396 e. The van der Waals surface area contributed by atoms with E-state index in [0.29, 0.717) is 19.0 Å². The number of aromatic nitrogens is 2. The van der Waals surface area contributed by atoms with E-state index in [0.717, 1.165) is 18.3 Å². The molecule has 0 atom stereocenters. The summed E-state index contributed by atoms with van der Waals surface area (Å²) in [6, 6.07) is 2.39. The Balaban J connectivity index is 2.19. The predicted molar refractivity (Wildman–Crippen MR) is 71.1 cm³/mol. The molecule has 0 saturated carbocycles. The second kappa shape index (κ2) is 6.19. The van der Waals surface area contributed by atoms with Crippen molar-refractivity contribution in [3.05, 3.63) is 42.2 Å². The Morgan fingerprint density at radius 2 is 1.90 bits per heavy atom. The number of hydrogen-bond acceptors (Lipinski definition) is 4. The Labute approximate surface area is 120 Å². The Morgan fingerprint density at radius 3 is 2.52 bits per heavy atom. The maximum absolute atomic E-state index is 13.0. The van der Waals surface area contributed by atoms with Gasteiger partial charge in [0.1, 0.15) is 16.5 Å². The normalized spacial score (nSPS) is 11.6. The molecule has 0 spiro atoms. The van der Waals surface area contributed by atoms with Gasteiger partial charge in [-0.1, -0.05) is 0 Å². The molecule has 2 rings (SSSR count). The largest absolute Gasteiger partial charge is 0.396 e. The van der Waals surface area contributed by atoms with E-state index in [-0.39, 0.29) is 17.2 Å². The van der Waals surface area contributed by atoms with Gasteiger partial charge < -0.3 is 5.11 Å². The molecule has 0 aliphatic carbocycles. The van der Waals surface area contributed by atoms with Crippen molar-refractivity contribution in [3.8, 4) is 0 Å². The van der Waals surface area contributed by atoms with Crippen LogP contribution in [0.25, 0.3) is 0 Å². The van der Waals surface area contributed by atoms with Crippen molar-refractivity contribution in [3.63, 3.8) is 0 Å². The lowest BCUT2D eigenvalue weighted by atomic mass is 10.3. The van der Waals surface area contributed by atoms with Crippen LogP contribution in [0.1, 0.15) is 6.42 Å². The van der Waals surface area contributed by atoms with Crippen molar-refractivity contribution in [2.45, 2.75) is 17.9 Å². The van der Waals surface area contributed by atoms with Gasteiger partial charge in [-0.3, -0.25) is 9.40 Å². The summed E-state index contributed by atoms with van der Waals surface area (Å²) in [5.41, 5.74) is -0.212. The summed E-state index contributed by atoms with van der Waals surface area (Å²) in [5.74, 6) is -1.77. The van der Waals surface area contributed by atoms with Crippen molar-refractivity contribution in [1.82, 2.24) is 9.78 Å². The van der Waals surface area contributed by atoms with Gasteiger partial charge in [0.05, 0.1) is 11.9 Å². The molecule has 0 aliphatic heterocycles. The fourth-order valence-electron chi connectivity index (χ4n) is 1.67. The number of halogens is 2. The van der Waals surface area contributed by atoms with Gasteiger partial charge in [-0.25, -0.2) is 17.2 Å². The molecule has 0 saturated heterocycles. The molecule has 114 valence electrons. The van der Waals surface area contributed by atoms with Gasteiger partial charge >= 0.3 is 0 Å². The average molecular weight is 317 g/mol. The van der Waals surface area contributed by atoms with Crippen molar-refractivity contribution in [2.75, 3.05) is 11.3 Å².